The van der Waals surface area contributed by atoms with Gasteiger partial charge >= 0.3 is 6.09 Å². The molecule has 2 aliphatic rings. The Morgan fingerprint density at radius 1 is 1.19 bits per heavy atom. The topological polar surface area (TPSA) is 63.7 Å². The van der Waals surface area contributed by atoms with E-state index in [4.69, 9.17) is 4.74 Å². The number of nitrogens with zero attached hydrogens (tertiary/aromatic N) is 1. The average molecular weight is 225 g/mol. The molecule has 1 unspecified atom stereocenters. The molecule has 0 spiro atoms. The van der Waals surface area contributed by atoms with Crippen LogP contribution in [-0.2, 0) is 14.3 Å². The Hall–Kier alpha value is -1.39. The van der Waals surface area contributed by atoms with Crippen LogP contribution in [0.2, 0.25) is 0 Å². The second-order valence-corrected chi connectivity index (χ2v) is 5.23. The van der Waals surface area contributed by atoms with E-state index in [9.17, 15) is 14.4 Å². The fourth-order valence-electron chi connectivity index (χ4n) is 2.22. The van der Waals surface area contributed by atoms with Crippen LogP contribution < -0.4 is 0 Å². The molecule has 0 aliphatic carbocycles. The van der Waals surface area contributed by atoms with E-state index in [1.807, 2.05) is 0 Å². The molecule has 2 atom stereocenters. The third-order valence-electron chi connectivity index (χ3n) is 2.84. The molecule has 2 fully saturated rings. The first-order chi connectivity index (χ1) is 7.31. The zero-order valence-corrected chi connectivity index (χ0v) is 9.65. The van der Waals surface area contributed by atoms with Crippen molar-refractivity contribution < 1.29 is 19.1 Å². The van der Waals surface area contributed by atoms with Crippen molar-refractivity contribution in [3.8, 4) is 0 Å². The van der Waals surface area contributed by atoms with Crippen molar-refractivity contribution >= 4 is 17.7 Å². The highest BCUT2D eigenvalue weighted by molar-refractivity contribution is 6.44. The van der Waals surface area contributed by atoms with Crippen molar-refractivity contribution in [1.82, 2.24) is 4.90 Å². The molecule has 2 rings (SSSR count). The lowest BCUT2D eigenvalue weighted by Crippen LogP contribution is -2.41. The van der Waals surface area contributed by atoms with Crippen LogP contribution in [0.3, 0.4) is 0 Å². The van der Waals surface area contributed by atoms with Gasteiger partial charge in [-0.3, -0.25) is 14.5 Å². The van der Waals surface area contributed by atoms with Gasteiger partial charge in [-0.2, -0.15) is 0 Å². The summed E-state index contributed by atoms with van der Waals surface area (Å²) < 4.78 is 5.18. The lowest BCUT2D eigenvalue weighted by molar-refractivity contribution is -0.136. The highest BCUT2D eigenvalue weighted by Crippen LogP contribution is 2.34. The molecule has 88 valence electrons. The number of ketones is 2. The molecule has 0 radical (unpaired) electrons. The van der Waals surface area contributed by atoms with Crippen molar-refractivity contribution in [3.05, 3.63) is 0 Å². The molecular formula is C11H15NO4. The van der Waals surface area contributed by atoms with E-state index in [0.29, 0.717) is 12.8 Å². The van der Waals surface area contributed by atoms with Gasteiger partial charge < -0.3 is 4.74 Å². The SMILES string of the molecule is CC(C)(C)OC(=O)N1C2CC[C@@H]1C(=O)C2=O. The fraction of sp³-hybridized carbons (Fsp3) is 0.727. The van der Waals surface area contributed by atoms with Gasteiger partial charge in [-0.1, -0.05) is 0 Å². The summed E-state index contributed by atoms with van der Waals surface area (Å²) in [4.78, 5) is 36.0. The normalized spacial score (nSPS) is 28.8. The number of ether oxygens (including phenoxy) is 1. The molecule has 0 aromatic carbocycles. The van der Waals surface area contributed by atoms with Gasteiger partial charge in [0.15, 0.2) is 0 Å². The largest absolute Gasteiger partial charge is 0.444 e. The van der Waals surface area contributed by atoms with Gasteiger partial charge in [0.1, 0.15) is 17.7 Å². The standard InChI is InChI=1S/C11H15NO4/c1-11(2,3)16-10(15)12-6-4-5-7(12)9(14)8(6)13/h6-7H,4-5H2,1-3H3/t6-,7?/m1/s1. The van der Waals surface area contributed by atoms with Crippen LogP contribution in [0, 0.1) is 0 Å². The maximum Gasteiger partial charge on any atom is 0.411 e. The van der Waals surface area contributed by atoms with Crippen LogP contribution in [0.1, 0.15) is 33.6 Å². The van der Waals surface area contributed by atoms with Crippen LogP contribution in [0.4, 0.5) is 4.79 Å². The zero-order valence-electron chi connectivity index (χ0n) is 9.65. The third kappa shape index (κ3) is 1.60. The number of hydrogen-bond acceptors (Lipinski definition) is 4. The van der Waals surface area contributed by atoms with Crippen LogP contribution in [0.15, 0.2) is 0 Å². The molecule has 0 saturated carbocycles. The molecule has 2 bridgehead atoms. The summed E-state index contributed by atoms with van der Waals surface area (Å²) in [6, 6.07) is -1.15. The lowest BCUT2D eigenvalue weighted by Gasteiger charge is -2.26. The van der Waals surface area contributed by atoms with Crippen LogP contribution in [0.25, 0.3) is 0 Å². The predicted octanol–water partition coefficient (Wildman–Crippen LogP) is 0.906. The summed E-state index contributed by atoms with van der Waals surface area (Å²) in [6.45, 7) is 5.27. The van der Waals surface area contributed by atoms with E-state index in [1.165, 1.54) is 4.90 Å². The van der Waals surface area contributed by atoms with Crippen LogP contribution in [-0.4, -0.2) is 40.2 Å². The Morgan fingerprint density at radius 2 is 1.62 bits per heavy atom. The monoisotopic (exact) mass is 225 g/mol. The summed E-state index contributed by atoms with van der Waals surface area (Å²) in [7, 11) is 0. The molecular weight excluding hydrogens is 210 g/mol. The summed E-state index contributed by atoms with van der Waals surface area (Å²) in [5, 5.41) is 0. The van der Waals surface area contributed by atoms with E-state index in [1.54, 1.807) is 20.8 Å². The number of rotatable bonds is 0. The lowest BCUT2D eigenvalue weighted by atomic mass is 9.98. The number of amides is 1. The minimum absolute atomic E-state index is 0.442. The van der Waals surface area contributed by atoms with E-state index in [-0.39, 0.29) is 0 Å². The quantitative estimate of drug-likeness (QED) is 0.575. The molecule has 0 aromatic heterocycles. The molecule has 2 aliphatic heterocycles. The van der Waals surface area contributed by atoms with E-state index in [2.05, 4.69) is 0 Å². The van der Waals surface area contributed by atoms with Crippen LogP contribution in [0.5, 0.6) is 0 Å². The second-order valence-electron chi connectivity index (χ2n) is 5.23. The first-order valence-corrected chi connectivity index (χ1v) is 5.40. The van der Waals surface area contributed by atoms with Gasteiger partial charge in [-0.25, -0.2) is 4.79 Å². The minimum atomic E-state index is -0.606. The fourth-order valence-corrected chi connectivity index (χ4v) is 2.22. The Morgan fingerprint density at radius 3 is 2.00 bits per heavy atom. The van der Waals surface area contributed by atoms with Crippen molar-refractivity contribution in [3.63, 3.8) is 0 Å². The molecule has 5 heteroatoms. The number of fused-ring (bicyclic) bond motifs is 2. The minimum Gasteiger partial charge on any atom is -0.444 e. The van der Waals surface area contributed by atoms with Crippen molar-refractivity contribution in [2.45, 2.75) is 51.3 Å². The third-order valence-corrected chi connectivity index (χ3v) is 2.84. The zero-order chi connectivity index (χ0) is 12.1. The summed E-state index contributed by atoms with van der Waals surface area (Å²) >= 11 is 0. The number of carbonyl (C=O) groups excluding carboxylic acids is 3. The van der Waals surface area contributed by atoms with Gasteiger partial charge in [0.2, 0.25) is 11.6 Å². The van der Waals surface area contributed by atoms with Crippen molar-refractivity contribution in [1.29, 1.82) is 0 Å². The molecule has 0 aromatic rings. The van der Waals surface area contributed by atoms with Gasteiger partial charge in [-0.15, -0.1) is 0 Å². The number of carbonyl (C=O) groups is 3. The van der Waals surface area contributed by atoms with Crippen molar-refractivity contribution in [2.24, 2.45) is 0 Å². The molecule has 16 heavy (non-hydrogen) atoms. The maximum absolute atomic E-state index is 11.8. The molecule has 0 N–H and O–H groups in total. The van der Waals surface area contributed by atoms with Gasteiger partial charge in [0, 0.05) is 0 Å². The van der Waals surface area contributed by atoms with Crippen molar-refractivity contribution in [2.75, 3.05) is 0 Å². The highest BCUT2D eigenvalue weighted by atomic mass is 16.6. The Labute approximate surface area is 93.7 Å². The smallest absolute Gasteiger partial charge is 0.411 e. The first kappa shape index (κ1) is 11.1. The number of hydrogen-bond donors (Lipinski definition) is 0. The summed E-state index contributed by atoms with van der Waals surface area (Å²) in [5.41, 5.74) is -0.606. The Balaban J connectivity index is 2.15. The van der Waals surface area contributed by atoms with Gasteiger partial charge in [-0.05, 0) is 33.6 Å². The first-order valence-electron chi connectivity index (χ1n) is 5.40. The maximum atomic E-state index is 11.8. The summed E-state index contributed by atoms with van der Waals surface area (Å²) in [6.07, 6.45) is 0.599. The molecule has 2 heterocycles. The predicted molar refractivity (Wildman–Crippen MR) is 54.9 cm³/mol. The second kappa shape index (κ2) is 3.30. The molecule has 2 saturated heterocycles. The average Bonchev–Trinajstić information content (AvgIpc) is 2.63. The Bertz CT molecular complexity index is 347. The molecule has 1 amide bonds. The van der Waals surface area contributed by atoms with Gasteiger partial charge in [0.05, 0.1) is 0 Å². The van der Waals surface area contributed by atoms with E-state index in [0.717, 1.165) is 0 Å². The molecule has 5 nitrogen and oxygen atoms in total. The van der Waals surface area contributed by atoms with Crippen LogP contribution >= 0.6 is 0 Å². The van der Waals surface area contributed by atoms with E-state index >= 15 is 0 Å². The Kier molecular flexibility index (Phi) is 2.29. The number of Topliss-reactive ketones (excluding diaryl/α,β-unsaturated/α-hetero) is 2. The summed E-state index contributed by atoms with van der Waals surface area (Å²) in [5.74, 6) is -0.885. The van der Waals surface area contributed by atoms with E-state index < -0.39 is 35.3 Å². The van der Waals surface area contributed by atoms with Gasteiger partial charge in [0.25, 0.3) is 0 Å². The highest BCUT2D eigenvalue weighted by Gasteiger charge is 2.55.